The lowest BCUT2D eigenvalue weighted by atomic mass is 9.77. The first-order chi connectivity index (χ1) is 15.5. The van der Waals surface area contributed by atoms with Crippen LogP contribution < -0.4 is 9.64 Å². The standard InChI is InChI=1S/C28H30N2OS/c1-27(2)22-15-9-10-16-24(22)30(3)28(27)18-29-23-17-25(32-19-11-5-4-6-12-19)20-13-7-8-14-21(20)26(23)31-28/h7-10,13-19H,4-6,11-12H2,1-3H3. The molecule has 164 valence electrons. The van der Waals surface area contributed by atoms with Gasteiger partial charge >= 0.3 is 0 Å². The molecule has 0 aromatic heterocycles. The molecule has 6 rings (SSSR count). The van der Waals surface area contributed by atoms with Crippen LogP contribution in [0.25, 0.3) is 10.8 Å². The zero-order valence-corrected chi connectivity index (χ0v) is 19.9. The molecule has 2 heterocycles. The van der Waals surface area contributed by atoms with E-state index in [-0.39, 0.29) is 5.41 Å². The predicted octanol–water partition coefficient (Wildman–Crippen LogP) is 7.48. The lowest BCUT2D eigenvalue weighted by molar-refractivity contribution is 0.0842. The maximum Gasteiger partial charge on any atom is 0.228 e. The maximum absolute atomic E-state index is 7.02. The second-order valence-corrected chi connectivity index (χ2v) is 11.2. The Bertz CT molecular complexity index is 1230. The average Bonchev–Trinajstić information content (AvgIpc) is 2.99. The fraction of sp³-hybridized carbons (Fsp3) is 0.393. The van der Waals surface area contributed by atoms with Crippen molar-refractivity contribution in [2.75, 3.05) is 11.9 Å². The monoisotopic (exact) mass is 442 g/mol. The molecule has 1 aliphatic carbocycles. The van der Waals surface area contributed by atoms with E-state index in [0.29, 0.717) is 5.25 Å². The molecule has 1 unspecified atom stereocenters. The normalized spacial score (nSPS) is 23.9. The number of hydrogen-bond acceptors (Lipinski definition) is 4. The highest BCUT2D eigenvalue weighted by Crippen LogP contribution is 2.55. The highest BCUT2D eigenvalue weighted by atomic mass is 32.2. The number of para-hydroxylation sites is 1. The third kappa shape index (κ3) is 2.78. The molecule has 2 aliphatic heterocycles. The van der Waals surface area contributed by atoms with Crippen LogP contribution in [0.4, 0.5) is 11.4 Å². The number of aliphatic imine (C=N–C) groups is 1. The summed E-state index contributed by atoms with van der Waals surface area (Å²) in [7, 11) is 2.13. The molecule has 3 aromatic rings. The highest BCUT2D eigenvalue weighted by molar-refractivity contribution is 8.00. The van der Waals surface area contributed by atoms with Crippen LogP contribution in [-0.4, -0.2) is 24.2 Å². The van der Waals surface area contributed by atoms with Gasteiger partial charge in [0.15, 0.2) is 5.75 Å². The van der Waals surface area contributed by atoms with E-state index in [2.05, 4.69) is 80.4 Å². The van der Waals surface area contributed by atoms with E-state index in [1.54, 1.807) is 0 Å². The minimum atomic E-state index is -0.648. The van der Waals surface area contributed by atoms with Crippen LogP contribution >= 0.6 is 11.8 Å². The number of rotatable bonds is 2. The van der Waals surface area contributed by atoms with Crippen molar-refractivity contribution in [1.82, 2.24) is 0 Å². The number of anilines is 1. The molecule has 0 amide bonds. The maximum atomic E-state index is 7.02. The van der Waals surface area contributed by atoms with Crippen LogP contribution in [0.1, 0.15) is 51.5 Å². The van der Waals surface area contributed by atoms with E-state index in [4.69, 9.17) is 9.73 Å². The number of thioether (sulfide) groups is 1. The van der Waals surface area contributed by atoms with Gasteiger partial charge in [-0.2, -0.15) is 0 Å². The van der Waals surface area contributed by atoms with E-state index in [0.717, 1.165) is 11.4 Å². The van der Waals surface area contributed by atoms with Crippen molar-refractivity contribution in [1.29, 1.82) is 0 Å². The van der Waals surface area contributed by atoms with Gasteiger partial charge in [-0.15, -0.1) is 11.8 Å². The van der Waals surface area contributed by atoms with Crippen molar-refractivity contribution in [2.24, 2.45) is 4.99 Å². The van der Waals surface area contributed by atoms with Crippen molar-refractivity contribution in [2.45, 2.75) is 67.2 Å². The van der Waals surface area contributed by atoms with E-state index >= 15 is 0 Å². The summed E-state index contributed by atoms with van der Waals surface area (Å²) in [6.07, 6.45) is 8.76. The average molecular weight is 443 g/mol. The summed E-state index contributed by atoms with van der Waals surface area (Å²) in [5.74, 6) is 0.906. The predicted molar refractivity (Wildman–Crippen MR) is 136 cm³/mol. The van der Waals surface area contributed by atoms with Crippen molar-refractivity contribution in [3.05, 3.63) is 60.2 Å². The molecule has 1 fully saturated rings. The van der Waals surface area contributed by atoms with Crippen LogP contribution in [0.3, 0.4) is 0 Å². The Labute approximate surface area is 194 Å². The van der Waals surface area contributed by atoms with Crippen molar-refractivity contribution in [3.8, 4) is 5.75 Å². The number of likely N-dealkylation sites (N-methyl/N-ethyl adjacent to an activating group) is 1. The van der Waals surface area contributed by atoms with Crippen molar-refractivity contribution < 1.29 is 4.74 Å². The van der Waals surface area contributed by atoms with Crippen LogP contribution in [0.15, 0.2) is 64.5 Å². The van der Waals surface area contributed by atoms with Gasteiger partial charge in [-0.1, -0.05) is 61.7 Å². The van der Waals surface area contributed by atoms with Gasteiger partial charge in [-0.3, -0.25) is 4.99 Å². The molecule has 0 saturated heterocycles. The Morgan fingerprint density at radius 1 is 0.969 bits per heavy atom. The molecule has 1 saturated carbocycles. The summed E-state index contributed by atoms with van der Waals surface area (Å²) in [6.45, 7) is 4.53. The van der Waals surface area contributed by atoms with Gasteiger partial charge < -0.3 is 9.64 Å². The Balaban J connectivity index is 1.47. The van der Waals surface area contributed by atoms with Crippen LogP contribution in [-0.2, 0) is 5.41 Å². The third-order valence-electron chi connectivity index (χ3n) is 7.75. The van der Waals surface area contributed by atoms with Crippen LogP contribution in [0, 0.1) is 0 Å². The lowest BCUT2D eigenvalue weighted by Crippen LogP contribution is -2.61. The fourth-order valence-corrected chi connectivity index (χ4v) is 7.25. The summed E-state index contributed by atoms with van der Waals surface area (Å²) in [4.78, 5) is 8.65. The summed E-state index contributed by atoms with van der Waals surface area (Å²) in [6, 6.07) is 19.6. The number of hydrogen-bond donors (Lipinski definition) is 0. The largest absolute Gasteiger partial charge is 0.459 e. The molecule has 4 heteroatoms. The number of fused-ring (bicyclic) bond motifs is 4. The summed E-state index contributed by atoms with van der Waals surface area (Å²) < 4.78 is 7.02. The molecule has 32 heavy (non-hydrogen) atoms. The topological polar surface area (TPSA) is 24.8 Å². The molecule has 1 atom stereocenters. The lowest BCUT2D eigenvalue weighted by Gasteiger charge is -2.45. The SMILES string of the molecule is CN1c2ccccc2C(C)(C)C12C=Nc1cc(SC3CCCCC3)c3ccccc3c1O2. The molecule has 3 aliphatic rings. The van der Waals surface area contributed by atoms with Gasteiger partial charge in [0.05, 0.1) is 11.6 Å². The summed E-state index contributed by atoms with van der Waals surface area (Å²) >= 11 is 2.04. The highest BCUT2D eigenvalue weighted by Gasteiger charge is 2.58. The summed E-state index contributed by atoms with van der Waals surface area (Å²) in [5.41, 5.74) is 2.57. The first kappa shape index (κ1) is 20.2. The van der Waals surface area contributed by atoms with Crippen molar-refractivity contribution >= 4 is 40.1 Å². The zero-order chi connectivity index (χ0) is 21.9. The second-order valence-electron chi connectivity index (χ2n) is 9.90. The number of benzene rings is 3. The summed E-state index contributed by atoms with van der Waals surface area (Å²) in [5, 5.41) is 3.16. The molecule has 0 bridgehead atoms. The molecule has 3 nitrogen and oxygen atoms in total. The number of ether oxygens (including phenoxy) is 1. The first-order valence-corrected chi connectivity index (χ1v) is 12.7. The molecular formula is C28H30N2OS. The minimum Gasteiger partial charge on any atom is -0.459 e. The molecule has 3 aromatic carbocycles. The smallest absolute Gasteiger partial charge is 0.228 e. The first-order valence-electron chi connectivity index (χ1n) is 11.8. The van der Waals surface area contributed by atoms with E-state index < -0.39 is 5.72 Å². The Kier molecular flexibility index (Phi) is 4.59. The van der Waals surface area contributed by atoms with E-state index in [1.807, 2.05) is 18.0 Å². The zero-order valence-electron chi connectivity index (χ0n) is 19.1. The minimum absolute atomic E-state index is 0.240. The van der Waals surface area contributed by atoms with Crippen LogP contribution in [0.5, 0.6) is 5.75 Å². The van der Waals surface area contributed by atoms with Gasteiger partial charge in [0.25, 0.3) is 0 Å². The number of nitrogens with zero attached hydrogens (tertiary/aromatic N) is 2. The van der Waals surface area contributed by atoms with Gasteiger partial charge in [0, 0.05) is 28.3 Å². The Morgan fingerprint density at radius 2 is 1.69 bits per heavy atom. The Morgan fingerprint density at radius 3 is 2.47 bits per heavy atom. The van der Waals surface area contributed by atoms with E-state index in [9.17, 15) is 0 Å². The van der Waals surface area contributed by atoms with Crippen molar-refractivity contribution in [3.63, 3.8) is 0 Å². The fourth-order valence-electron chi connectivity index (χ4n) is 5.83. The molecular weight excluding hydrogens is 412 g/mol. The van der Waals surface area contributed by atoms with Gasteiger partial charge in [0.2, 0.25) is 5.72 Å². The van der Waals surface area contributed by atoms with Gasteiger partial charge in [0.1, 0.15) is 5.69 Å². The third-order valence-corrected chi connectivity index (χ3v) is 9.15. The molecule has 0 radical (unpaired) electrons. The molecule has 1 spiro atoms. The quantitative estimate of drug-likeness (QED) is 0.411. The van der Waals surface area contributed by atoms with Crippen LogP contribution in [0.2, 0.25) is 0 Å². The van der Waals surface area contributed by atoms with E-state index in [1.165, 1.54) is 59.0 Å². The van der Waals surface area contributed by atoms with Gasteiger partial charge in [-0.05, 0) is 49.8 Å². The molecule has 0 N–H and O–H groups in total. The van der Waals surface area contributed by atoms with Gasteiger partial charge in [-0.25, -0.2) is 0 Å². The Hall–Kier alpha value is -2.46. The second kappa shape index (κ2) is 7.28.